The number of rotatable bonds is 1. The van der Waals surface area contributed by atoms with Crippen LogP contribution in [0.25, 0.3) is 20.8 Å². The lowest BCUT2D eigenvalue weighted by Crippen LogP contribution is -1.73. The van der Waals surface area contributed by atoms with Gasteiger partial charge in [-0.1, -0.05) is 29.8 Å². The molecule has 0 unspecified atom stereocenters. The van der Waals surface area contributed by atoms with Crippen molar-refractivity contribution in [3.8, 4) is 10.6 Å². The van der Waals surface area contributed by atoms with Crippen LogP contribution in [0.3, 0.4) is 0 Å². The van der Waals surface area contributed by atoms with Crippen LogP contribution in [0, 0.1) is 6.07 Å². The molecule has 0 aliphatic heterocycles. The van der Waals surface area contributed by atoms with Crippen LogP contribution in [-0.4, -0.2) is 4.98 Å². The number of nitrogens with zero attached hydrogens (tertiary/aromatic N) is 1. The van der Waals surface area contributed by atoms with Crippen LogP contribution >= 0.6 is 22.9 Å². The van der Waals surface area contributed by atoms with Gasteiger partial charge in [0, 0.05) is 10.6 Å². The maximum absolute atomic E-state index is 5.93. The Morgan fingerprint density at radius 3 is 3.00 bits per heavy atom. The van der Waals surface area contributed by atoms with Gasteiger partial charge in [0.25, 0.3) is 0 Å². The number of hydrogen-bond donors (Lipinski definition) is 0. The van der Waals surface area contributed by atoms with Gasteiger partial charge in [-0.05, 0) is 30.3 Å². The van der Waals surface area contributed by atoms with Crippen molar-refractivity contribution in [2.75, 3.05) is 0 Å². The fourth-order valence-corrected chi connectivity index (χ4v) is 2.66. The summed E-state index contributed by atoms with van der Waals surface area (Å²) in [5.74, 6) is 0. The Kier molecular flexibility index (Phi) is 2.39. The van der Waals surface area contributed by atoms with Gasteiger partial charge in [0.2, 0.25) is 0 Å². The smallest absolute Gasteiger partial charge is 0.124 e. The van der Waals surface area contributed by atoms with Gasteiger partial charge < -0.3 is 0 Å². The molecule has 1 radical (unpaired) electrons. The Balaban J connectivity index is 2.19. The molecule has 0 saturated carbocycles. The molecule has 0 N–H and O–H groups in total. The molecule has 1 nitrogen and oxygen atoms in total. The van der Waals surface area contributed by atoms with E-state index in [1.807, 2.05) is 42.5 Å². The van der Waals surface area contributed by atoms with Crippen molar-refractivity contribution in [2.24, 2.45) is 0 Å². The maximum atomic E-state index is 5.93. The summed E-state index contributed by atoms with van der Waals surface area (Å²) in [7, 11) is 0. The molecule has 0 aliphatic carbocycles. The van der Waals surface area contributed by atoms with E-state index in [2.05, 4.69) is 11.1 Å². The Morgan fingerprint density at radius 2 is 2.19 bits per heavy atom. The van der Waals surface area contributed by atoms with Gasteiger partial charge in [-0.2, -0.15) is 0 Å². The molecule has 3 aromatic rings. The summed E-state index contributed by atoms with van der Waals surface area (Å²) < 4.78 is 1.16. The number of halogens is 1. The first-order valence-electron chi connectivity index (χ1n) is 4.85. The first-order chi connectivity index (χ1) is 7.83. The largest absolute Gasteiger partial charge is 0.236 e. The number of fused-ring (bicyclic) bond motifs is 1. The highest BCUT2D eigenvalue weighted by atomic mass is 35.5. The topological polar surface area (TPSA) is 12.9 Å². The van der Waals surface area contributed by atoms with E-state index in [-0.39, 0.29) is 0 Å². The molecular formula is C13H7ClNS. The lowest BCUT2D eigenvalue weighted by Gasteiger charge is -1.91. The van der Waals surface area contributed by atoms with Crippen LogP contribution in [0.4, 0.5) is 0 Å². The van der Waals surface area contributed by atoms with Gasteiger partial charge >= 0.3 is 0 Å². The SMILES string of the molecule is Clc1ccc2sc(-c3c[c]ccc3)nc2c1. The molecule has 0 fully saturated rings. The van der Waals surface area contributed by atoms with Crippen LogP contribution in [0.15, 0.2) is 42.5 Å². The molecular weight excluding hydrogens is 238 g/mol. The van der Waals surface area contributed by atoms with Crippen molar-refractivity contribution in [1.29, 1.82) is 0 Å². The fraction of sp³-hybridized carbons (Fsp3) is 0. The van der Waals surface area contributed by atoms with Gasteiger partial charge in [0.15, 0.2) is 0 Å². The number of benzene rings is 2. The Morgan fingerprint density at radius 1 is 1.25 bits per heavy atom. The molecule has 0 saturated heterocycles. The van der Waals surface area contributed by atoms with Crippen molar-refractivity contribution in [3.63, 3.8) is 0 Å². The summed E-state index contributed by atoms with van der Waals surface area (Å²) in [6.07, 6.45) is 0. The van der Waals surface area contributed by atoms with Crippen LogP contribution in [0.2, 0.25) is 5.02 Å². The zero-order valence-corrected chi connectivity index (χ0v) is 9.85. The van der Waals surface area contributed by atoms with Crippen LogP contribution in [0.1, 0.15) is 0 Å². The van der Waals surface area contributed by atoms with Crippen LogP contribution in [-0.2, 0) is 0 Å². The van der Waals surface area contributed by atoms with E-state index in [1.165, 1.54) is 0 Å². The van der Waals surface area contributed by atoms with Gasteiger partial charge in [-0.3, -0.25) is 0 Å². The summed E-state index contributed by atoms with van der Waals surface area (Å²) in [6, 6.07) is 16.7. The third-order valence-corrected chi connectivity index (χ3v) is 3.62. The minimum absolute atomic E-state index is 0.726. The van der Waals surface area contributed by atoms with Crippen molar-refractivity contribution >= 4 is 33.2 Å². The molecule has 0 bridgehead atoms. The highest BCUT2D eigenvalue weighted by molar-refractivity contribution is 7.21. The molecule has 0 atom stereocenters. The second kappa shape index (κ2) is 3.89. The molecule has 3 heteroatoms. The number of aromatic nitrogens is 1. The average Bonchev–Trinajstić information content (AvgIpc) is 2.73. The highest BCUT2D eigenvalue weighted by Gasteiger charge is 2.05. The van der Waals surface area contributed by atoms with Crippen molar-refractivity contribution in [3.05, 3.63) is 53.6 Å². The summed E-state index contributed by atoms with van der Waals surface area (Å²) in [6.45, 7) is 0. The van der Waals surface area contributed by atoms with Gasteiger partial charge in [0.1, 0.15) is 5.01 Å². The lowest BCUT2D eigenvalue weighted by atomic mass is 10.2. The Labute approximate surface area is 102 Å². The maximum Gasteiger partial charge on any atom is 0.124 e. The summed E-state index contributed by atoms with van der Waals surface area (Å²) in [5, 5.41) is 1.73. The first kappa shape index (κ1) is 9.82. The molecule has 1 aromatic heterocycles. The van der Waals surface area contributed by atoms with E-state index in [9.17, 15) is 0 Å². The third kappa shape index (κ3) is 1.70. The van der Waals surface area contributed by atoms with E-state index in [0.29, 0.717) is 0 Å². The standard InChI is InChI=1S/C13H7ClNS/c14-10-6-7-12-11(8-10)15-13(16-12)9-4-2-1-3-5-9/h1-2,4-8H. The van der Waals surface area contributed by atoms with E-state index in [1.54, 1.807) is 11.3 Å². The van der Waals surface area contributed by atoms with Gasteiger partial charge in [0.05, 0.1) is 10.2 Å². The minimum Gasteiger partial charge on any atom is -0.236 e. The monoisotopic (exact) mass is 244 g/mol. The van der Waals surface area contributed by atoms with Gasteiger partial charge in [-0.15, -0.1) is 11.3 Å². The quantitative estimate of drug-likeness (QED) is 0.618. The van der Waals surface area contributed by atoms with E-state index in [0.717, 1.165) is 25.8 Å². The molecule has 0 aliphatic rings. The minimum atomic E-state index is 0.726. The number of thiazole rings is 1. The predicted molar refractivity (Wildman–Crippen MR) is 68.9 cm³/mol. The van der Waals surface area contributed by atoms with E-state index >= 15 is 0 Å². The van der Waals surface area contributed by atoms with Crippen LogP contribution in [0.5, 0.6) is 0 Å². The Hall–Kier alpha value is -1.38. The summed E-state index contributed by atoms with van der Waals surface area (Å²) in [4.78, 5) is 4.56. The molecule has 0 amide bonds. The van der Waals surface area contributed by atoms with E-state index < -0.39 is 0 Å². The highest BCUT2D eigenvalue weighted by Crippen LogP contribution is 2.31. The molecule has 1 heterocycles. The average molecular weight is 245 g/mol. The molecule has 2 aromatic carbocycles. The summed E-state index contributed by atoms with van der Waals surface area (Å²) in [5.41, 5.74) is 2.05. The fourth-order valence-electron chi connectivity index (χ4n) is 1.55. The molecule has 0 spiro atoms. The van der Waals surface area contributed by atoms with E-state index in [4.69, 9.17) is 11.6 Å². The van der Waals surface area contributed by atoms with Crippen molar-refractivity contribution in [2.45, 2.75) is 0 Å². The van der Waals surface area contributed by atoms with Crippen LogP contribution < -0.4 is 0 Å². The zero-order chi connectivity index (χ0) is 11.0. The molecule has 77 valence electrons. The second-order valence-corrected chi connectivity index (χ2v) is 4.89. The first-order valence-corrected chi connectivity index (χ1v) is 6.05. The zero-order valence-electron chi connectivity index (χ0n) is 8.27. The Bertz CT molecular complexity index is 631. The second-order valence-electron chi connectivity index (χ2n) is 3.42. The molecule has 3 rings (SSSR count). The van der Waals surface area contributed by atoms with Crippen molar-refractivity contribution < 1.29 is 0 Å². The normalized spacial score (nSPS) is 10.8. The van der Waals surface area contributed by atoms with Crippen molar-refractivity contribution in [1.82, 2.24) is 4.98 Å². The predicted octanol–water partition coefficient (Wildman–Crippen LogP) is 4.42. The lowest BCUT2D eigenvalue weighted by molar-refractivity contribution is 1.47. The number of hydrogen-bond acceptors (Lipinski definition) is 2. The van der Waals surface area contributed by atoms with Gasteiger partial charge in [-0.25, -0.2) is 4.98 Å². The third-order valence-electron chi connectivity index (χ3n) is 2.30. The summed E-state index contributed by atoms with van der Waals surface area (Å²) >= 11 is 7.60. The molecule has 16 heavy (non-hydrogen) atoms.